The van der Waals surface area contributed by atoms with Gasteiger partial charge in [-0.1, -0.05) is 35.3 Å². The molecule has 0 saturated heterocycles. The van der Waals surface area contributed by atoms with Crippen molar-refractivity contribution < 1.29 is 13.2 Å². The van der Waals surface area contributed by atoms with Crippen molar-refractivity contribution in [2.45, 2.75) is 9.79 Å². The molecule has 0 saturated carbocycles. The molecule has 0 aromatic heterocycles. The van der Waals surface area contributed by atoms with Crippen LogP contribution in [0.3, 0.4) is 0 Å². The van der Waals surface area contributed by atoms with Gasteiger partial charge in [-0.2, -0.15) is 0 Å². The molecule has 23 heavy (non-hydrogen) atoms. The van der Waals surface area contributed by atoms with E-state index >= 15 is 0 Å². The highest BCUT2D eigenvalue weighted by Crippen LogP contribution is 2.30. The zero-order valence-electron chi connectivity index (χ0n) is 12.0. The largest absolute Gasteiger partial charge is 0.324 e. The molecular weight excluding hydrogens is 377 g/mol. The van der Waals surface area contributed by atoms with Gasteiger partial charge in [0.15, 0.2) is 9.84 Å². The number of benzene rings is 2. The van der Waals surface area contributed by atoms with Crippen LogP contribution in [-0.4, -0.2) is 26.3 Å². The maximum Gasteiger partial charge on any atom is 0.234 e. The molecule has 0 unspecified atom stereocenters. The summed E-state index contributed by atoms with van der Waals surface area (Å²) >= 11 is 13.2. The summed E-state index contributed by atoms with van der Waals surface area (Å²) in [5.74, 6) is -0.250. The number of sulfone groups is 1. The molecule has 4 nitrogen and oxygen atoms in total. The molecule has 0 atom stereocenters. The van der Waals surface area contributed by atoms with Gasteiger partial charge in [-0.05, 0) is 30.3 Å². The number of anilines is 1. The van der Waals surface area contributed by atoms with E-state index in [1.54, 1.807) is 36.4 Å². The van der Waals surface area contributed by atoms with Gasteiger partial charge in [-0.25, -0.2) is 8.42 Å². The number of hydrogen-bond acceptors (Lipinski definition) is 4. The van der Waals surface area contributed by atoms with Crippen LogP contribution in [0.5, 0.6) is 0 Å². The molecule has 0 bridgehead atoms. The van der Waals surface area contributed by atoms with Gasteiger partial charge in [0.1, 0.15) is 0 Å². The van der Waals surface area contributed by atoms with E-state index in [1.165, 1.54) is 17.8 Å². The van der Waals surface area contributed by atoms with E-state index in [-0.39, 0.29) is 22.2 Å². The topological polar surface area (TPSA) is 63.2 Å². The maximum atomic E-state index is 12.1. The van der Waals surface area contributed by atoms with E-state index in [4.69, 9.17) is 23.2 Å². The third-order valence-corrected chi connectivity index (χ3v) is 5.70. The van der Waals surface area contributed by atoms with Crippen molar-refractivity contribution in [1.82, 2.24) is 0 Å². The highest BCUT2D eigenvalue weighted by atomic mass is 35.5. The third-order valence-electron chi connectivity index (χ3n) is 2.81. The molecule has 1 N–H and O–H groups in total. The minimum Gasteiger partial charge on any atom is -0.324 e. The summed E-state index contributed by atoms with van der Waals surface area (Å²) < 4.78 is 23.4. The van der Waals surface area contributed by atoms with Gasteiger partial charge in [0, 0.05) is 16.2 Å². The molecular formula is C15H13Cl2NO3S2. The fourth-order valence-electron chi connectivity index (χ4n) is 1.81. The van der Waals surface area contributed by atoms with Crippen LogP contribution in [0, 0.1) is 0 Å². The molecule has 0 spiro atoms. The number of carbonyl (C=O) groups is 1. The zero-order valence-corrected chi connectivity index (χ0v) is 15.2. The molecule has 0 aliphatic carbocycles. The van der Waals surface area contributed by atoms with Gasteiger partial charge in [0.25, 0.3) is 0 Å². The number of nitrogens with one attached hydrogen (secondary N) is 1. The van der Waals surface area contributed by atoms with Crippen molar-refractivity contribution in [3.63, 3.8) is 0 Å². The van der Waals surface area contributed by atoms with Gasteiger partial charge >= 0.3 is 0 Å². The van der Waals surface area contributed by atoms with Crippen molar-refractivity contribution >= 4 is 56.4 Å². The van der Waals surface area contributed by atoms with E-state index in [2.05, 4.69) is 5.32 Å². The summed E-state index contributed by atoms with van der Waals surface area (Å²) in [6.07, 6.45) is 1.10. The standard InChI is InChI=1S/C15H13Cl2NO3S2/c1-23(20,21)14-5-3-2-4-12(14)18-15(19)9-22-13-8-10(16)6-7-11(13)17/h2-8H,9H2,1H3,(H,18,19). The highest BCUT2D eigenvalue weighted by Gasteiger charge is 2.15. The number of hydrogen-bond donors (Lipinski definition) is 1. The lowest BCUT2D eigenvalue weighted by molar-refractivity contribution is -0.113. The van der Waals surface area contributed by atoms with Gasteiger partial charge in [-0.15, -0.1) is 11.8 Å². The first-order valence-electron chi connectivity index (χ1n) is 6.44. The molecule has 2 rings (SSSR count). The normalized spacial score (nSPS) is 11.3. The summed E-state index contributed by atoms with van der Waals surface area (Å²) in [5, 5.41) is 3.64. The highest BCUT2D eigenvalue weighted by molar-refractivity contribution is 8.00. The van der Waals surface area contributed by atoms with E-state index in [1.807, 2.05) is 0 Å². The summed E-state index contributed by atoms with van der Waals surface area (Å²) in [4.78, 5) is 12.8. The number of carbonyl (C=O) groups excluding carboxylic acids is 1. The molecule has 2 aromatic rings. The van der Waals surface area contributed by atoms with Crippen LogP contribution in [0.25, 0.3) is 0 Å². The summed E-state index contributed by atoms with van der Waals surface area (Å²) in [6.45, 7) is 0. The SMILES string of the molecule is CS(=O)(=O)c1ccccc1NC(=O)CSc1cc(Cl)ccc1Cl. The summed E-state index contributed by atoms with van der Waals surface area (Å²) in [7, 11) is -3.42. The quantitative estimate of drug-likeness (QED) is 0.780. The smallest absolute Gasteiger partial charge is 0.234 e. The number of thioether (sulfide) groups is 1. The minimum absolute atomic E-state index is 0.0815. The Morgan fingerprint density at radius 1 is 1.17 bits per heavy atom. The average Bonchev–Trinajstić information content (AvgIpc) is 2.47. The number of amides is 1. The zero-order chi connectivity index (χ0) is 17.0. The van der Waals surface area contributed by atoms with E-state index in [0.29, 0.717) is 14.9 Å². The Kier molecular flexibility index (Phi) is 5.97. The number of rotatable bonds is 5. The van der Waals surface area contributed by atoms with Gasteiger partial charge in [0.05, 0.1) is 21.4 Å². The van der Waals surface area contributed by atoms with Gasteiger partial charge in [-0.3, -0.25) is 4.79 Å². The Labute approximate surface area is 149 Å². The van der Waals surface area contributed by atoms with Crippen LogP contribution in [0.1, 0.15) is 0 Å². The molecule has 122 valence electrons. The van der Waals surface area contributed by atoms with Crippen molar-refractivity contribution in [2.24, 2.45) is 0 Å². The first-order chi connectivity index (χ1) is 10.8. The minimum atomic E-state index is -3.42. The van der Waals surface area contributed by atoms with Crippen LogP contribution in [0.2, 0.25) is 10.0 Å². The second kappa shape index (κ2) is 7.57. The van der Waals surface area contributed by atoms with Crippen LogP contribution in [0.4, 0.5) is 5.69 Å². The Balaban J connectivity index is 2.08. The first-order valence-corrected chi connectivity index (χ1v) is 10.1. The van der Waals surface area contributed by atoms with Crippen LogP contribution in [0.15, 0.2) is 52.3 Å². The van der Waals surface area contributed by atoms with Crippen LogP contribution in [-0.2, 0) is 14.6 Å². The average molecular weight is 390 g/mol. The predicted octanol–water partition coefficient (Wildman–Crippen LogP) is 4.13. The van der Waals surface area contributed by atoms with Gasteiger partial charge < -0.3 is 5.32 Å². The fraction of sp³-hybridized carbons (Fsp3) is 0.133. The van der Waals surface area contributed by atoms with Crippen molar-refractivity contribution in [3.8, 4) is 0 Å². The van der Waals surface area contributed by atoms with E-state index in [0.717, 1.165) is 6.26 Å². The van der Waals surface area contributed by atoms with Crippen LogP contribution < -0.4 is 5.32 Å². The summed E-state index contributed by atoms with van der Waals surface area (Å²) in [5.41, 5.74) is 0.262. The summed E-state index contributed by atoms with van der Waals surface area (Å²) in [6, 6.07) is 11.3. The maximum absolute atomic E-state index is 12.1. The first kappa shape index (κ1) is 18.1. The van der Waals surface area contributed by atoms with E-state index < -0.39 is 9.84 Å². The Morgan fingerprint density at radius 3 is 2.57 bits per heavy atom. The molecule has 0 aliphatic heterocycles. The Hall–Kier alpha value is -1.21. The second-order valence-corrected chi connectivity index (χ2v) is 8.52. The van der Waals surface area contributed by atoms with Crippen molar-refractivity contribution in [1.29, 1.82) is 0 Å². The van der Waals surface area contributed by atoms with Gasteiger partial charge in [0.2, 0.25) is 5.91 Å². The lowest BCUT2D eigenvalue weighted by atomic mass is 10.3. The monoisotopic (exact) mass is 389 g/mol. The van der Waals surface area contributed by atoms with E-state index in [9.17, 15) is 13.2 Å². The lowest BCUT2D eigenvalue weighted by Crippen LogP contribution is -2.16. The number of halogens is 2. The van der Waals surface area contributed by atoms with Crippen molar-refractivity contribution in [2.75, 3.05) is 17.3 Å². The molecule has 0 radical (unpaired) electrons. The Bertz CT molecular complexity index is 838. The van der Waals surface area contributed by atoms with Crippen LogP contribution >= 0.6 is 35.0 Å². The molecule has 0 aliphatic rings. The third kappa shape index (κ3) is 5.14. The molecule has 2 aromatic carbocycles. The lowest BCUT2D eigenvalue weighted by Gasteiger charge is -2.10. The molecule has 0 fully saturated rings. The molecule has 1 amide bonds. The molecule has 8 heteroatoms. The fourth-order valence-corrected chi connectivity index (χ4v) is 3.95. The number of para-hydroxylation sites is 1. The second-order valence-electron chi connectivity index (χ2n) is 4.68. The Morgan fingerprint density at radius 2 is 1.87 bits per heavy atom. The predicted molar refractivity (Wildman–Crippen MR) is 95.4 cm³/mol. The molecule has 0 heterocycles. The van der Waals surface area contributed by atoms with Crippen molar-refractivity contribution in [3.05, 3.63) is 52.5 Å².